The number of carbonyl (C=O) groups excluding carboxylic acids is 2. The molecule has 8 heteroatoms. The van der Waals surface area contributed by atoms with E-state index in [0.29, 0.717) is 6.54 Å². The lowest BCUT2D eigenvalue weighted by atomic mass is 10.2. The van der Waals surface area contributed by atoms with Crippen molar-refractivity contribution in [2.75, 3.05) is 26.2 Å². The summed E-state index contributed by atoms with van der Waals surface area (Å²) in [5.74, 6) is -1.60. The average Bonchev–Trinajstić information content (AvgIpc) is 2.30. The summed E-state index contributed by atoms with van der Waals surface area (Å²) in [4.78, 5) is 33.9. The van der Waals surface area contributed by atoms with Crippen molar-refractivity contribution < 1.29 is 24.2 Å². The lowest BCUT2D eigenvalue weighted by molar-refractivity contribution is -0.141. The summed E-state index contributed by atoms with van der Waals surface area (Å²) in [6.07, 6.45) is -0.906. The van der Waals surface area contributed by atoms with Crippen molar-refractivity contribution in [3.05, 3.63) is 0 Å². The molecule has 0 spiro atoms. The first-order valence-corrected chi connectivity index (χ1v) is 5.56. The number of aliphatic carboxylic acids is 1. The largest absolute Gasteiger partial charge is 0.481 e. The number of urea groups is 1. The Morgan fingerprint density at radius 2 is 2.06 bits per heavy atom. The van der Waals surface area contributed by atoms with Crippen LogP contribution in [-0.2, 0) is 9.53 Å². The SMILES string of the molecule is CCN(CC(C)C(=O)O)C(=O)NCCOC(N)=O. The van der Waals surface area contributed by atoms with Crippen LogP contribution in [0, 0.1) is 5.92 Å². The van der Waals surface area contributed by atoms with E-state index in [2.05, 4.69) is 10.1 Å². The second-order valence-corrected chi connectivity index (χ2v) is 3.68. The van der Waals surface area contributed by atoms with Crippen molar-refractivity contribution in [1.29, 1.82) is 0 Å². The number of ether oxygens (including phenoxy) is 1. The van der Waals surface area contributed by atoms with E-state index < -0.39 is 24.0 Å². The van der Waals surface area contributed by atoms with Crippen LogP contribution in [-0.4, -0.2) is 54.3 Å². The van der Waals surface area contributed by atoms with Crippen molar-refractivity contribution in [1.82, 2.24) is 10.2 Å². The molecule has 0 aromatic heterocycles. The van der Waals surface area contributed by atoms with Gasteiger partial charge in [0.25, 0.3) is 0 Å². The standard InChI is InChI=1S/C10H19N3O5/c1-3-13(6-7(2)8(14)15)10(17)12-4-5-18-9(11)16/h7H,3-6H2,1-2H3,(H2,11,16)(H,12,17)(H,14,15). The van der Waals surface area contributed by atoms with E-state index in [-0.39, 0.29) is 19.7 Å². The fourth-order valence-corrected chi connectivity index (χ4v) is 1.19. The molecule has 0 aliphatic rings. The Bertz CT molecular complexity index is 308. The van der Waals surface area contributed by atoms with Gasteiger partial charge in [0, 0.05) is 13.1 Å². The maximum Gasteiger partial charge on any atom is 0.404 e. The number of rotatable bonds is 7. The minimum atomic E-state index is -0.960. The van der Waals surface area contributed by atoms with Gasteiger partial charge in [0.1, 0.15) is 6.61 Å². The summed E-state index contributed by atoms with van der Waals surface area (Å²) in [5, 5.41) is 11.2. The molecule has 0 heterocycles. The highest BCUT2D eigenvalue weighted by Gasteiger charge is 2.18. The molecule has 0 radical (unpaired) electrons. The number of nitrogens with two attached hydrogens (primary N) is 1. The highest BCUT2D eigenvalue weighted by Crippen LogP contribution is 2.00. The Hall–Kier alpha value is -1.99. The molecule has 0 aromatic carbocycles. The van der Waals surface area contributed by atoms with Crippen molar-refractivity contribution >= 4 is 18.1 Å². The van der Waals surface area contributed by atoms with Crippen molar-refractivity contribution in [3.8, 4) is 0 Å². The Morgan fingerprint density at radius 1 is 1.44 bits per heavy atom. The minimum absolute atomic E-state index is 0.0207. The molecule has 0 rings (SSSR count). The van der Waals surface area contributed by atoms with Gasteiger partial charge in [0.2, 0.25) is 0 Å². The molecule has 0 aliphatic carbocycles. The van der Waals surface area contributed by atoms with Gasteiger partial charge in [0.15, 0.2) is 0 Å². The molecule has 0 aliphatic heterocycles. The van der Waals surface area contributed by atoms with E-state index in [1.165, 1.54) is 11.8 Å². The Labute approximate surface area is 105 Å². The maximum atomic E-state index is 11.6. The molecule has 0 bridgehead atoms. The molecular weight excluding hydrogens is 242 g/mol. The lowest BCUT2D eigenvalue weighted by Crippen LogP contribution is -2.44. The summed E-state index contributed by atoms with van der Waals surface area (Å²) in [7, 11) is 0. The molecular formula is C10H19N3O5. The van der Waals surface area contributed by atoms with Crippen molar-refractivity contribution in [2.45, 2.75) is 13.8 Å². The predicted octanol–water partition coefficient (Wildman–Crippen LogP) is -0.166. The number of carboxylic acid groups (broad SMARTS) is 1. The van der Waals surface area contributed by atoms with Gasteiger partial charge in [-0.25, -0.2) is 9.59 Å². The predicted molar refractivity (Wildman–Crippen MR) is 63.0 cm³/mol. The second-order valence-electron chi connectivity index (χ2n) is 3.68. The molecule has 4 N–H and O–H groups in total. The lowest BCUT2D eigenvalue weighted by Gasteiger charge is -2.23. The summed E-state index contributed by atoms with van der Waals surface area (Å²) in [6.45, 7) is 3.88. The van der Waals surface area contributed by atoms with Gasteiger partial charge in [-0.2, -0.15) is 0 Å². The summed E-state index contributed by atoms with van der Waals surface area (Å²) in [6, 6.07) is -0.404. The van der Waals surface area contributed by atoms with Crippen LogP contribution in [0.1, 0.15) is 13.8 Å². The Balaban J connectivity index is 4.03. The molecule has 3 amide bonds. The Morgan fingerprint density at radius 3 is 2.50 bits per heavy atom. The number of nitrogens with one attached hydrogen (secondary N) is 1. The second kappa shape index (κ2) is 8.15. The third-order valence-electron chi connectivity index (χ3n) is 2.21. The van der Waals surface area contributed by atoms with Crippen LogP contribution in [0.5, 0.6) is 0 Å². The van der Waals surface area contributed by atoms with Gasteiger partial charge < -0.3 is 25.8 Å². The zero-order chi connectivity index (χ0) is 14.1. The Kier molecular flexibility index (Phi) is 7.25. The van der Waals surface area contributed by atoms with E-state index in [1.807, 2.05) is 0 Å². The van der Waals surface area contributed by atoms with Crippen molar-refractivity contribution in [3.63, 3.8) is 0 Å². The van der Waals surface area contributed by atoms with Gasteiger partial charge in [-0.3, -0.25) is 4.79 Å². The van der Waals surface area contributed by atoms with E-state index in [9.17, 15) is 14.4 Å². The molecule has 1 unspecified atom stereocenters. The maximum absolute atomic E-state index is 11.6. The summed E-state index contributed by atoms with van der Waals surface area (Å²) < 4.78 is 4.44. The number of primary amides is 1. The summed E-state index contributed by atoms with van der Waals surface area (Å²) >= 11 is 0. The van der Waals surface area contributed by atoms with Crippen LogP contribution >= 0.6 is 0 Å². The normalized spacial score (nSPS) is 11.4. The first-order valence-electron chi connectivity index (χ1n) is 5.56. The molecule has 1 atom stereocenters. The number of hydrogen-bond acceptors (Lipinski definition) is 4. The van der Waals surface area contributed by atoms with E-state index >= 15 is 0 Å². The highest BCUT2D eigenvalue weighted by molar-refractivity contribution is 5.76. The zero-order valence-electron chi connectivity index (χ0n) is 10.5. The van der Waals surface area contributed by atoms with Crippen LogP contribution < -0.4 is 11.1 Å². The van der Waals surface area contributed by atoms with Gasteiger partial charge >= 0.3 is 18.1 Å². The molecule has 0 fully saturated rings. The number of hydrogen-bond donors (Lipinski definition) is 3. The molecule has 8 nitrogen and oxygen atoms in total. The number of nitrogens with zero attached hydrogens (tertiary/aromatic N) is 1. The molecule has 0 saturated carbocycles. The third kappa shape index (κ3) is 6.56. The third-order valence-corrected chi connectivity index (χ3v) is 2.21. The van der Waals surface area contributed by atoms with Gasteiger partial charge in [-0.1, -0.05) is 6.92 Å². The molecule has 104 valence electrons. The fraction of sp³-hybridized carbons (Fsp3) is 0.700. The van der Waals surface area contributed by atoms with Crippen molar-refractivity contribution in [2.24, 2.45) is 11.7 Å². The van der Waals surface area contributed by atoms with Crippen LogP contribution in [0.3, 0.4) is 0 Å². The zero-order valence-corrected chi connectivity index (χ0v) is 10.5. The van der Waals surface area contributed by atoms with Crippen LogP contribution in [0.4, 0.5) is 9.59 Å². The van der Waals surface area contributed by atoms with E-state index in [0.717, 1.165) is 0 Å². The summed E-state index contributed by atoms with van der Waals surface area (Å²) in [5.41, 5.74) is 4.74. The topological polar surface area (TPSA) is 122 Å². The van der Waals surface area contributed by atoms with Gasteiger partial charge in [-0.05, 0) is 6.92 Å². The molecule has 0 aromatic rings. The number of carboxylic acids is 1. The smallest absolute Gasteiger partial charge is 0.404 e. The number of amides is 3. The van der Waals surface area contributed by atoms with Gasteiger partial charge in [0.05, 0.1) is 12.5 Å². The molecule has 0 saturated heterocycles. The average molecular weight is 261 g/mol. The quantitative estimate of drug-likeness (QED) is 0.549. The van der Waals surface area contributed by atoms with Gasteiger partial charge in [-0.15, -0.1) is 0 Å². The monoisotopic (exact) mass is 261 g/mol. The van der Waals surface area contributed by atoms with Crippen LogP contribution in [0.25, 0.3) is 0 Å². The fourth-order valence-electron chi connectivity index (χ4n) is 1.19. The first-order chi connectivity index (χ1) is 8.38. The van der Waals surface area contributed by atoms with Crippen LogP contribution in [0.15, 0.2) is 0 Å². The first kappa shape index (κ1) is 16.0. The van der Waals surface area contributed by atoms with E-state index in [4.69, 9.17) is 10.8 Å². The highest BCUT2D eigenvalue weighted by atomic mass is 16.5. The minimum Gasteiger partial charge on any atom is -0.481 e. The molecule has 18 heavy (non-hydrogen) atoms. The number of carbonyl (C=O) groups is 3. The van der Waals surface area contributed by atoms with Crippen LogP contribution in [0.2, 0.25) is 0 Å². The van der Waals surface area contributed by atoms with E-state index in [1.54, 1.807) is 6.92 Å².